The average Bonchev–Trinajstić information content (AvgIpc) is 2.59. The summed E-state index contributed by atoms with van der Waals surface area (Å²) >= 11 is 0. The molecule has 0 radical (unpaired) electrons. The van der Waals surface area contributed by atoms with Gasteiger partial charge in [0.2, 0.25) is 0 Å². The topological polar surface area (TPSA) is 6.48 Å². The molecule has 2 heteroatoms. The van der Waals surface area contributed by atoms with Gasteiger partial charge < -0.3 is 9.80 Å². The minimum absolute atomic E-state index is 0.846. The molecule has 0 aromatic carbocycles. The van der Waals surface area contributed by atoms with Crippen LogP contribution in [-0.4, -0.2) is 37.0 Å². The van der Waals surface area contributed by atoms with E-state index in [0.29, 0.717) is 0 Å². The molecule has 2 nitrogen and oxygen atoms in total. The highest BCUT2D eigenvalue weighted by atomic mass is 15.2. The molecule has 0 heterocycles. The highest BCUT2D eigenvalue weighted by Gasteiger charge is 2.12. The van der Waals surface area contributed by atoms with Crippen LogP contribution in [0.2, 0.25) is 0 Å². The maximum absolute atomic E-state index is 4.24. The van der Waals surface area contributed by atoms with Crippen LogP contribution in [0, 0.1) is 5.92 Å². The summed E-state index contributed by atoms with van der Waals surface area (Å²) in [5.41, 5.74) is 2.37. The van der Waals surface area contributed by atoms with Gasteiger partial charge in [0.05, 0.1) is 11.4 Å². The van der Waals surface area contributed by atoms with Crippen LogP contribution >= 0.6 is 0 Å². The Morgan fingerprint density at radius 2 is 1.41 bits per heavy atom. The molecule has 0 saturated heterocycles. The largest absolute Gasteiger partial charge is 0.373 e. The Labute approximate surface area is 142 Å². The number of hydrogen-bond acceptors (Lipinski definition) is 2. The summed E-state index contributed by atoms with van der Waals surface area (Å²) in [6.45, 7) is 23.2. The monoisotopic (exact) mass is 312 g/mol. The zero-order chi connectivity index (χ0) is 18.1. The average molecular weight is 313 g/mol. The van der Waals surface area contributed by atoms with Gasteiger partial charge in [-0.05, 0) is 26.2 Å². The normalized spacial score (nSPS) is 10.2. The Hall–Kier alpha value is -0.920. The van der Waals surface area contributed by atoms with Gasteiger partial charge in [0.15, 0.2) is 0 Å². The fourth-order valence-electron chi connectivity index (χ4n) is 2.18. The lowest BCUT2D eigenvalue weighted by Gasteiger charge is -2.30. The molecule has 0 spiro atoms. The molecule has 0 saturated carbocycles. The standard InChI is InChI=1S/C16H32N2.2C2H6/c1-8-15(9-2)12-13-18(7)14(5)16(10-3)17(6)11-4;2*1-2/h10,15H,5,8-9,11-13H2,1-4,6-7H3;2*1-2H3/b16-10-;;. The van der Waals surface area contributed by atoms with Crippen molar-refractivity contribution in [3.8, 4) is 0 Å². The van der Waals surface area contributed by atoms with Crippen LogP contribution < -0.4 is 0 Å². The SMILES string of the molecule is C=C(/C(=C/C)N(C)CC)N(C)CCC(CC)CC.CC.CC. The minimum atomic E-state index is 0.846. The molecule has 0 N–H and O–H groups in total. The van der Waals surface area contributed by atoms with E-state index in [0.717, 1.165) is 24.7 Å². The molecule has 0 bridgehead atoms. The van der Waals surface area contributed by atoms with Crippen LogP contribution in [0.25, 0.3) is 0 Å². The molecule has 0 amide bonds. The van der Waals surface area contributed by atoms with Gasteiger partial charge in [-0.3, -0.25) is 0 Å². The van der Waals surface area contributed by atoms with Gasteiger partial charge >= 0.3 is 0 Å². The van der Waals surface area contributed by atoms with Gasteiger partial charge in [-0.1, -0.05) is 67.0 Å². The predicted molar refractivity (Wildman–Crippen MR) is 105 cm³/mol. The minimum Gasteiger partial charge on any atom is -0.373 e. The Morgan fingerprint density at radius 1 is 0.955 bits per heavy atom. The second kappa shape index (κ2) is 18.1. The lowest BCUT2D eigenvalue weighted by atomic mass is 9.99. The van der Waals surface area contributed by atoms with E-state index in [-0.39, 0.29) is 0 Å². The molecular weight excluding hydrogens is 268 g/mol. The zero-order valence-corrected chi connectivity index (χ0v) is 17.3. The van der Waals surface area contributed by atoms with Gasteiger partial charge in [0.1, 0.15) is 0 Å². The van der Waals surface area contributed by atoms with Crippen LogP contribution in [0.5, 0.6) is 0 Å². The van der Waals surface area contributed by atoms with Crippen molar-refractivity contribution < 1.29 is 0 Å². The molecule has 0 aromatic heterocycles. The Bertz CT molecular complexity index is 265. The van der Waals surface area contributed by atoms with Crippen molar-refractivity contribution in [1.29, 1.82) is 0 Å². The molecule has 0 aliphatic carbocycles. The maximum atomic E-state index is 4.24. The van der Waals surface area contributed by atoms with Crippen molar-refractivity contribution in [2.24, 2.45) is 5.92 Å². The van der Waals surface area contributed by atoms with E-state index in [1.165, 1.54) is 25.0 Å². The van der Waals surface area contributed by atoms with Crippen LogP contribution in [-0.2, 0) is 0 Å². The van der Waals surface area contributed by atoms with Crippen molar-refractivity contribution in [1.82, 2.24) is 9.80 Å². The molecular formula is C20H44N2. The third-order valence-electron chi connectivity index (χ3n) is 3.94. The Kier molecular flexibility index (Phi) is 21.4. The molecule has 0 aromatic rings. The number of nitrogens with zero attached hydrogens (tertiary/aromatic N) is 2. The highest BCUT2D eigenvalue weighted by molar-refractivity contribution is 5.24. The summed E-state index contributed by atoms with van der Waals surface area (Å²) in [6.07, 6.45) is 5.97. The van der Waals surface area contributed by atoms with Crippen LogP contribution in [0.3, 0.4) is 0 Å². The molecule has 0 atom stereocenters. The third kappa shape index (κ3) is 10.8. The van der Waals surface area contributed by atoms with Gasteiger partial charge in [-0.2, -0.15) is 0 Å². The fraction of sp³-hybridized carbons (Fsp3) is 0.800. The van der Waals surface area contributed by atoms with Gasteiger partial charge in [0.25, 0.3) is 0 Å². The van der Waals surface area contributed by atoms with Gasteiger partial charge in [0, 0.05) is 27.2 Å². The molecule has 0 aliphatic rings. The van der Waals surface area contributed by atoms with Crippen molar-refractivity contribution >= 4 is 0 Å². The first kappa shape index (κ1) is 26.0. The van der Waals surface area contributed by atoms with Crippen molar-refractivity contribution in [2.75, 3.05) is 27.2 Å². The lowest BCUT2D eigenvalue weighted by Crippen LogP contribution is -2.28. The summed E-state index contributed by atoms with van der Waals surface area (Å²) in [4.78, 5) is 4.54. The first-order chi connectivity index (χ1) is 10.5. The second-order valence-electron chi connectivity index (χ2n) is 5.03. The Balaban J connectivity index is -0.000000826. The Morgan fingerprint density at radius 3 is 1.73 bits per heavy atom. The maximum Gasteiger partial charge on any atom is 0.0551 e. The number of hydrogen-bond donors (Lipinski definition) is 0. The van der Waals surface area contributed by atoms with E-state index >= 15 is 0 Å². The van der Waals surface area contributed by atoms with E-state index in [1.807, 2.05) is 27.7 Å². The zero-order valence-electron chi connectivity index (χ0n) is 17.3. The number of allylic oxidation sites excluding steroid dienone is 1. The molecule has 0 rings (SSSR count). The van der Waals surface area contributed by atoms with Crippen LogP contribution in [0.1, 0.15) is 74.7 Å². The lowest BCUT2D eigenvalue weighted by molar-refractivity contribution is 0.329. The van der Waals surface area contributed by atoms with Crippen molar-refractivity contribution in [3.05, 3.63) is 24.0 Å². The quantitative estimate of drug-likeness (QED) is 0.470. The van der Waals surface area contributed by atoms with Gasteiger partial charge in [-0.25, -0.2) is 0 Å². The number of rotatable bonds is 9. The predicted octanol–water partition coefficient (Wildman–Crippen LogP) is 6.17. The number of likely N-dealkylation sites (N-methyl/N-ethyl adjacent to an activating group) is 2. The molecule has 0 unspecified atom stereocenters. The summed E-state index contributed by atoms with van der Waals surface area (Å²) in [6, 6.07) is 0. The van der Waals surface area contributed by atoms with Gasteiger partial charge in [-0.15, -0.1) is 0 Å². The van der Waals surface area contributed by atoms with E-state index in [4.69, 9.17) is 0 Å². The van der Waals surface area contributed by atoms with Crippen LogP contribution in [0.15, 0.2) is 24.0 Å². The summed E-state index contributed by atoms with van der Waals surface area (Å²) in [5, 5.41) is 0. The molecule has 0 aliphatic heterocycles. The van der Waals surface area contributed by atoms with Crippen LogP contribution in [0.4, 0.5) is 0 Å². The third-order valence-corrected chi connectivity index (χ3v) is 3.94. The smallest absolute Gasteiger partial charge is 0.0551 e. The van der Waals surface area contributed by atoms with E-state index in [1.54, 1.807) is 0 Å². The fourth-order valence-corrected chi connectivity index (χ4v) is 2.18. The van der Waals surface area contributed by atoms with Crippen molar-refractivity contribution in [2.45, 2.75) is 74.7 Å². The van der Waals surface area contributed by atoms with E-state index in [2.05, 4.69) is 64.2 Å². The summed E-state index contributed by atoms with van der Waals surface area (Å²) in [7, 11) is 4.27. The summed E-state index contributed by atoms with van der Waals surface area (Å²) < 4.78 is 0. The highest BCUT2D eigenvalue weighted by Crippen LogP contribution is 2.18. The summed E-state index contributed by atoms with van der Waals surface area (Å²) in [5.74, 6) is 0.846. The molecule has 22 heavy (non-hydrogen) atoms. The van der Waals surface area contributed by atoms with E-state index < -0.39 is 0 Å². The van der Waals surface area contributed by atoms with Crippen molar-refractivity contribution in [3.63, 3.8) is 0 Å². The first-order valence-electron chi connectivity index (χ1n) is 9.29. The second-order valence-corrected chi connectivity index (χ2v) is 5.03. The first-order valence-corrected chi connectivity index (χ1v) is 9.29. The molecule has 0 fully saturated rings. The van der Waals surface area contributed by atoms with E-state index in [9.17, 15) is 0 Å². The molecule has 134 valence electrons.